The van der Waals surface area contributed by atoms with Gasteiger partial charge in [0.2, 0.25) is 18.6 Å². The number of hydrogen-bond acceptors (Lipinski definition) is 5. The average molecular weight is 434 g/mol. The summed E-state index contributed by atoms with van der Waals surface area (Å²) < 4.78 is 17.0. The van der Waals surface area contributed by atoms with E-state index in [0.717, 1.165) is 16.8 Å². The van der Waals surface area contributed by atoms with Gasteiger partial charge in [0.1, 0.15) is 24.3 Å². The third-order valence-electron chi connectivity index (χ3n) is 7.26. The monoisotopic (exact) mass is 434 g/mol. The number of benzene rings is 2. The number of hydrogen-bond donors (Lipinski definition) is 1. The molecule has 2 aromatic rings. The fourth-order valence-electron chi connectivity index (χ4n) is 5.57. The minimum absolute atomic E-state index is 0.00417. The summed E-state index contributed by atoms with van der Waals surface area (Å²) in [5.41, 5.74) is 1.42. The van der Waals surface area contributed by atoms with Crippen LogP contribution in [-0.2, 0) is 15.0 Å². The SMILES string of the molecule is O=C(CN1C(=O)C2(COc3cc4c(cc32)OCO4)c2ccccc21)NCC1CCCCC1. The first-order chi connectivity index (χ1) is 15.7. The maximum atomic E-state index is 13.9. The number of anilines is 1. The van der Waals surface area contributed by atoms with E-state index in [0.29, 0.717) is 29.7 Å². The molecule has 3 aliphatic heterocycles. The number of nitrogens with zero attached hydrogens (tertiary/aromatic N) is 1. The van der Waals surface area contributed by atoms with E-state index in [-0.39, 0.29) is 31.8 Å². The lowest BCUT2D eigenvalue weighted by Crippen LogP contribution is -2.46. The van der Waals surface area contributed by atoms with Crippen molar-refractivity contribution in [1.82, 2.24) is 5.32 Å². The average Bonchev–Trinajstić information content (AvgIpc) is 3.50. The molecule has 0 bridgehead atoms. The molecule has 7 heteroatoms. The van der Waals surface area contributed by atoms with E-state index in [1.165, 1.54) is 32.1 Å². The van der Waals surface area contributed by atoms with E-state index in [9.17, 15) is 9.59 Å². The molecule has 4 aliphatic rings. The summed E-state index contributed by atoms with van der Waals surface area (Å²) in [7, 11) is 0. The van der Waals surface area contributed by atoms with Gasteiger partial charge in [-0.05, 0) is 36.5 Å². The fourth-order valence-corrected chi connectivity index (χ4v) is 5.57. The smallest absolute Gasteiger partial charge is 0.246 e. The van der Waals surface area contributed by atoms with Crippen LogP contribution in [-0.4, -0.2) is 38.3 Å². The summed E-state index contributed by atoms with van der Waals surface area (Å²) in [6.07, 6.45) is 6.09. The van der Waals surface area contributed by atoms with Crippen LogP contribution in [0, 0.1) is 5.92 Å². The molecule has 1 fully saturated rings. The highest BCUT2D eigenvalue weighted by Gasteiger charge is 2.57. The Morgan fingerprint density at radius 1 is 1.00 bits per heavy atom. The van der Waals surface area contributed by atoms with Gasteiger partial charge in [-0.3, -0.25) is 9.59 Å². The Hall–Kier alpha value is -3.22. The first-order valence-corrected chi connectivity index (χ1v) is 11.4. The van der Waals surface area contributed by atoms with Crippen molar-refractivity contribution >= 4 is 17.5 Å². The molecule has 32 heavy (non-hydrogen) atoms. The normalized spacial score (nSPS) is 23.2. The Morgan fingerprint density at radius 2 is 1.78 bits per heavy atom. The van der Waals surface area contributed by atoms with Crippen molar-refractivity contribution in [2.24, 2.45) is 5.92 Å². The molecule has 2 amide bonds. The summed E-state index contributed by atoms with van der Waals surface area (Å²) in [4.78, 5) is 28.3. The van der Waals surface area contributed by atoms with Gasteiger partial charge >= 0.3 is 0 Å². The fraction of sp³-hybridized carbons (Fsp3) is 0.440. The molecule has 1 saturated carbocycles. The van der Waals surface area contributed by atoms with Crippen LogP contribution in [0.25, 0.3) is 0 Å². The van der Waals surface area contributed by atoms with Crippen molar-refractivity contribution in [2.75, 3.05) is 31.4 Å². The molecule has 7 nitrogen and oxygen atoms in total. The maximum Gasteiger partial charge on any atom is 0.246 e. The second kappa shape index (κ2) is 7.43. The van der Waals surface area contributed by atoms with E-state index < -0.39 is 5.41 Å². The molecule has 1 spiro atoms. The molecular weight excluding hydrogens is 408 g/mol. The molecule has 1 aliphatic carbocycles. The van der Waals surface area contributed by atoms with E-state index in [1.54, 1.807) is 11.0 Å². The molecule has 0 aromatic heterocycles. The van der Waals surface area contributed by atoms with Crippen LogP contribution in [0.2, 0.25) is 0 Å². The second-order valence-corrected chi connectivity index (χ2v) is 9.11. The molecule has 1 unspecified atom stereocenters. The largest absolute Gasteiger partial charge is 0.491 e. The highest BCUT2D eigenvalue weighted by atomic mass is 16.7. The van der Waals surface area contributed by atoms with Crippen molar-refractivity contribution in [3.8, 4) is 17.2 Å². The van der Waals surface area contributed by atoms with Crippen LogP contribution in [0.3, 0.4) is 0 Å². The van der Waals surface area contributed by atoms with Gasteiger partial charge in [-0.25, -0.2) is 0 Å². The van der Waals surface area contributed by atoms with Gasteiger partial charge in [0.25, 0.3) is 0 Å². The predicted octanol–water partition coefficient (Wildman–Crippen LogP) is 3.14. The van der Waals surface area contributed by atoms with Crippen LogP contribution in [0.15, 0.2) is 36.4 Å². The Labute approximate surface area is 186 Å². The Kier molecular flexibility index (Phi) is 4.52. The Morgan fingerprint density at radius 3 is 2.62 bits per heavy atom. The van der Waals surface area contributed by atoms with E-state index >= 15 is 0 Å². The number of ether oxygens (including phenoxy) is 3. The van der Waals surface area contributed by atoms with Crippen LogP contribution >= 0.6 is 0 Å². The number of fused-ring (bicyclic) bond motifs is 5. The van der Waals surface area contributed by atoms with Crippen LogP contribution in [0.4, 0.5) is 5.69 Å². The number of carbonyl (C=O) groups is 2. The van der Waals surface area contributed by atoms with E-state index in [2.05, 4.69) is 5.32 Å². The first-order valence-electron chi connectivity index (χ1n) is 11.4. The maximum absolute atomic E-state index is 13.9. The van der Waals surface area contributed by atoms with Crippen molar-refractivity contribution in [1.29, 1.82) is 0 Å². The molecular formula is C25H26N2O5. The van der Waals surface area contributed by atoms with Crippen molar-refractivity contribution < 1.29 is 23.8 Å². The predicted molar refractivity (Wildman–Crippen MR) is 117 cm³/mol. The number of amides is 2. The lowest BCUT2D eigenvalue weighted by Gasteiger charge is -2.24. The van der Waals surface area contributed by atoms with Crippen molar-refractivity contribution in [3.63, 3.8) is 0 Å². The molecule has 0 saturated heterocycles. The van der Waals surface area contributed by atoms with Gasteiger partial charge in [-0.2, -0.15) is 0 Å². The molecule has 1 N–H and O–H groups in total. The lowest BCUT2D eigenvalue weighted by atomic mass is 9.77. The quantitative estimate of drug-likeness (QED) is 0.800. The third-order valence-corrected chi connectivity index (χ3v) is 7.26. The zero-order valence-electron chi connectivity index (χ0n) is 17.9. The topological polar surface area (TPSA) is 77.1 Å². The summed E-state index contributed by atoms with van der Waals surface area (Å²) in [5, 5.41) is 3.06. The van der Waals surface area contributed by atoms with Crippen LogP contribution < -0.4 is 24.4 Å². The summed E-state index contributed by atoms with van der Waals surface area (Å²) in [5.74, 6) is 2.15. The third kappa shape index (κ3) is 2.87. The molecule has 0 radical (unpaired) electrons. The highest BCUT2D eigenvalue weighted by molar-refractivity contribution is 6.13. The minimum Gasteiger partial charge on any atom is -0.491 e. The van der Waals surface area contributed by atoms with Crippen LogP contribution in [0.1, 0.15) is 43.2 Å². The summed E-state index contributed by atoms with van der Waals surface area (Å²) >= 11 is 0. The molecule has 1 atom stereocenters. The Bertz CT molecular complexity index is 1090. The number of rotatable bonds is 4. The lowest BCUT2D eigenvalue weighted by molar-refractivity contribution is -0.125. The summed E-state index contributed by atoms with van der Waals surface area (Å²) in [6, 6.07) is 11.3. The molecule has 3 heterocycles. The van der Waals surface area contributed by atoms with Gasteiger partial charge in [0.15, 0.2) is 11.5 Å². The van der Waals surface area contributed by atoms with Gasteiger partial charge in [0, 0.05) is 23.9 Å². The summed E-state index contributed by atoms with van der Waals surface area (Å²) in [6.45, 7) is 1.04. The zero-order chi connectivity index (χ0) is 21.7. The van der Waals surface area contributed by atoms with Gasteiger partial charge in [-0.1, -0.05) is 37.5 Å². The second-order valence-electron chi connectivity index (χ2n) is 9.11. The molecule has 2 aromatic carbocycles. The van der Waals surface area contributed by atoms with E-state index in [1.807, 2.05) is 30.3 Å². The standard InChI is InChI=1S/C25H26N2O5/c28-23(26-12-16-6-2-1-3-7-16)13-27-19-9-5-4-8-17(19)25(24(27)29)14-30-20-11-22-21(10-18(20)25)31-15-32-22/h4-5,8-11,16H,1-3,6-7,12-15H2,(H,26,28). The number of para-hydroxylation sites is 1. The van der Waals surface area contributed by atoms with E-state index in [4.69, 9.17) is 14.2 Å². The van der Waals surface area contributed by atoms with Gasteiger partial charge in [-0.15, -0.1) is 0 Å². The van der Waals surface area contributed by atoms with Crippen LogP contribution in [0.5, 0.6) is 17.2 Å². The highest BCUT2D eigenvalue weighted by Crippen LogP contribution is 2.54. The van der Waals surface area contributed by atoms with Crippen molar-refractivity contribution in [2.45, 2.75) is 37.5 Å². The van der Waals surface area contributed by atoms with Gasteiger partial charge in [0.05, 0.1) is 0 Å². The Balaban J connectivity index is 1.29. The van der Waals surface area contributed by atoms with Crippen molar-refractivity contribution in [3.05, 3.63) is 47.5 Å². The minimum atomic E-state index is -0.976. The number of carbonyl (C=O) groups excluding carboxylic acids is 2. The van der Waals surface area contributed by atoms with Gasteiger partial charge < -0.3 is 24.4 Å². The molecule has 6 rings (SSSR count). The number of nitrogens with one attached hydrogen (secondary N) is 1. The zero-order valence-corrected chi connectivity index (χ0v) is 17.9. The molecule has 166 valence electrons. The first kappa shape index (κ1) is 19.5.